The smallest absolute Gasteiger partial charge is 0.158 e. The summed E-state index contributed by atoms with van der Waals surface area (Å²) in [5.74, 6) is 3.18. The predicted molar refractivity (Wildman–Crippen MR) is 78.7 cm³/mol. The van der Waals surface area contributed by atoms with Gasteiger partial charge in [-0.2, -0.15) is 0 Å². The summed E-state index contributed by atoms with van der Waals surface area (Å²) >= 11 is 4.26. The van der Waals surface area contributed by atoms with Gasteiger partial charge in [-0.1, -0.05) is 25.8 Å². The molecule has 0 bridgehead atoms. The molecule has 0 radical (unpaired) electrons. The van der Waals surface area contributed by atoms with Gasteiger partial charge in [-0.3, -0.25) is 4.79 Å². The van der Waals surface area contributed by atoms with Crippen LogP contribution >= 0.6 is 23.5 Å². The van der Waals surface area contributed by atoms with E-state index >= 15 is 0 Å². The number of rotatable bonds is 3. The van der Waals surface area contributed by atoms with Crippen molar-refractivity contribution in [1.82, 2.24) is 0 Å². The average molecular weight is 270 g/mol. The third-order valence-corrected chi connectivity index (χ3v) is 7.58. The van der Waals surface area contributed by atoms with E-state index < -0.39 is 0 Å². The number of carbonyl (C=O) groups is 1. The molecule has 0 amide bonds. The summed E-state index contributed by atoms with van der Waals surface area (Å²) in [5, 5.41) is 0. The highest BCUT2D eigenvalue weighted by Gasteiger charge is 2.37. The van der Waals surface area contributed by atoms with Crippen molar-refractivity contribution < 1.29 is 4.79 Å². The number of allylic oxidation sites excluding steroid dienone is 1. The van der Waals surface area contributed by atoms with E-state index in [0.717, 1.165) is 5.57 Å². The number of Topliss-reactive ketones (excluding diaryl/α,β-unsaturated/α-hetero) is 1. The van der Waals surface area contributed by atoms with E-state index in [2.05, 4.69) is 30.1 Å². The molecule has 1 heterocycles. The largest absolute Gasteiger partial charge is 0.295 e. The third-order valence-electron chi connectivity index (χ3n) is 3.73. The van der Waals surface area contributed by atoms with Crippen molar-refractivity contribution in [3.8, 4) is 0 Å². The van der Waals surface area contributed by atoms with Gasteiger partial charge >= 0.3 is 0 Å². The molecule has 1 saturated carbocycles. The zero-order chi connectivity index (χ0) is 12.3. The summed E-state index contributed by atoms with van der Waals surface area (Å²) in [6.45, 7) is 5.57. The van der Waals surface area contributed by atoms with E-state index in [0.29, 0.717) is 16.4 Å². The van der Waals surface area contributed by atoms with Gasteiger partial charge in [0.2, 0.25) is 0 Å². The molecule has 0 N–H and O–H groups in total. The highest BCUT2D eigenvalue weighted by atomic mass is 32.2. The lowest BCUT2D eigenvalue weighted by molar-refractivity contribution is -0.116. The highest BCUT2D eigenvalue weighted by molar-refractivity contribution is 8.18. The Balaban J connectivity index is 1.81. The Labute approximate surface area is 113 Å². The molecule has 1 spiro atoms. The molecule has 0 aromatic carbocycles. The predicted octanol–water partition coefficient (Wildman–Crippen LogP) is 4.28. The van der Waals surface area contributed by atoms with Crippen molar-refractivity contribution >= 4 is 29.3 Å². The second-order valence-corrected chi connectivity index (χ2v) is 8.43. The summed E-state index contributed by atoms with van der Waals surface area (Å²) in [6, 6.07) is 0. The van der Waals surface area contributed by atoms with Crippen LogP contribution in [0.15, 0.2) is 12.2 Å². The minimum absolute atomic E-state index is 0.260. The number of carbonyl (C=O) groups excluding carboxylic acids is 1. The summed E-state index contributed by atoms with van der Waals surface area (Å²) < 4.78 is 0.515. The molecular weight excluding hydrogens is 248 g/mol. The molecule has 1 aliphatic carbocycles. The van der Waals surface area contributed by atoms with Crippen molar-refractivity contribution in [3.05, 3.63) is 12.2 Å². The Morgan fingerprint density at radius 1 is 1.24 bits per heavy atom. The maximum absolute atomic E-state index is 11.7. The van der Waals surface area contributed by atoms with Gasteiger partial charge in [0.15, 0.2) is 5.78 Å². The highest BCUT2D eigenvalue weighted by Crippen LogP contribution is 2.52. The van der Waals surface area contributed by atoms with Crippen LogP contribution in [-0.4, -0.2) is 21.4 Å². The second kappa shape index (κ2) is 5.83. The molecule has 1 aliphatic heterocycles. The van der Waals surface area contributed by atoms with Crippen LogP contribution in [0.2, 0.25) is 0 Å². The van der Waals surface area contributed by atoms with E-state index in [4.69, 9.17) is 0 Å². The SMILES string of the molecule is C=C(C)C(=O)CC1CSC2(CCCCC2)SC1. The van der Waals surface area contributed by atoms with E-state index in [1.54, 1.807) is 0 Å². The van der Waals surface area contributed by atoms with Gasteiger partial charge in [0, 0.05) is 6.42 Å². The minimum Gasteiger partial charge on any atom is -0.295 e. The Morgan fingerprint density at radius 2 is 1.82 bits per heavy atom. The lowest BCUT2D eigenvalue weighted by atomic mass is 9.99. The molecule has 0 unspecified atom stereocenters. The van der Waals surface area contributed by atoms with E-state index in [9.17, 15) is 4.79 Å². The number of hydrogen-bond donors (Lipinski definition) is 0. The molecule has 2 rings (SSSR count). The van der Waals surface area contributed by atoms with Crippen LogP contribution in [0, 0.1) is 5.92 Å². The lowest BCUT2D eigenvalue weighted by Crippen LogP contribution is -2.32. The maximum Gasteiger partial charge on any atom is 0.158 e. The molecule has 2 aliphatic rings. The fourth-order valence-corrected chi connectivity index (χ4v) is 6.16. The van der Waals surface area contributed by atoms with Crippen molar-refractivity contribution in [3.63, 3.8) is 0 Å². The zero-order valence-corrected chi connectivity index (χ0v) is 12.3. The Bertz CT molecular complexity index is 295. The van der Waals surface area contributed by atoms with Crippen molar-refractivity contribution in [2.75, 3.05) is 11.5 Å². The fourth-order valence-electron chi connectivity index (χ4n) is 2.56. The maximum atomic E-state index is 11.7. The molecule has 0 atom stereocenters. The molecule has 0 aromatic rings. The van der Waals surface area contributed by atoms with Crippen LogP contribution in [0.5, 0.6) is 0 Å². The lowest BCUT2D eigenvalue weighted by Gasteiger charge is -2.41. The zero-order valence-electron chi connectivity index (χ0n) is 10.7. The van der Waals surface area contributed by atoms with Gasteiger partial charge in [0.1, 0.15) is 0 Å². The monoisotopic (exact) mass is 270 g/mol. The molecule has 2 fully saturated rings. The van der Waals surface area contributed by atoms with Crippen molar-refractivity contribution in [2.45, 2.75) is 49.5 Å². The second-order valence-electron chi connectivity index (χ2n) is 5.37. The van der Waals surface area contributed by atoms with E-state index in [-0.39, 0.29) is 5.78 Å². The fraction of sp³-hybridized carbons (Fsp3) is 0.786. The molecule has 3 heteroatoms. The van der Waals surface area contributed by atoms with Gasteiger partial charge in [0.25, 0.3) is 0 Å². The van der Waals surface area contributed by atoms with Gasteiger partial charge in [-0.25, -0.2) is 0 Å². The molecule has 0 aromatic heterocycles. The minimum atomic E-state index is 0.260. The standard InChI is InChI=1S/C14H22OS2/c1-11(2)13(15)8-12-9-16-14(17-10-12)6-4-3-5-7-14/h12H,1,3-10H2,2H3. The number of ketones is 1. The summed E-state index contributed by atoms with van der Waals surface area (Å²) in [7, 11) is 0. The first-order chi connectivity index (χ1) is 8.11. The number of thioether (sulfide) groups is 2. The van der Waals surface area contributed by atoms with Gasteiger partial charge in [-0.05, 0) is 42.8 Å². The van der Waals surface area contributed by atoms with Crippen LogP contribution in [0.4, 0.5) is 0 Å². The third kappa shape index (κ3) is 3.54. The Kier molecular flexibility index (Phi) is 4.65. The van der Waals surface area contributed by atoms with Crippen LogP contribution in [0.3, 0.4) is 0 Å². The van der Waals surface area contributed by atoms with Gasteiger partial charge in [-0.15, -0.1) is 23.5 Å². The molecule has 96 valence electrons. The van der Waals surface area contributed by atoms with Gasteiger partial charge < -0.3 is 0 Å². The molecule has 17 heavy (non-hydrogen) atoms. The molecular formula is C14H22OS2. The van der Waals surface area contributed by atoms with Crippen LogP contribution in [0.25, 0.3) is 0 Å². The topological polar surface area (TPSA) is 17.1 Å². The normalized spacial score (nSPS) is 24.8. The van der Waals surface area contributed by atoms with Gasteiger partial charge in [0.05, 0.1) is 4.08 Å². The Morgan fingerprint density at radius 3 is 2.35 bits per heavy atom. The van der Waals surface area contributed by atoms with Crippen molar-refractivity contribution in [2.24, 2.45) is 5.92 Å². The quantitative estimate of drug-likeness (QED) is 0.713. The molecule has 1 nitrogen and oxygen atoms in total. The van der Waals surface area contributed by atoms with Crippen LogP contribution in [-0.2, 0) is 4.79 Å². The first-order valence-corrected chi connectivity index (χ1v) is 8.55. The first kappa shape index (κ1) is 13.5. The number of hydrogen-bond acceptors (Lipinski definition) is 3. The summed E-state index contributed by atoms with van der Waals surface area (Å²) in [6.07, 6.45) is 7.68. The summed E-state index contributed by atoms with van der Waals surface area (Å²) in [4.78, 5) is 11.7. The first-order valence-electron chi connectivity index (χ1n) is 6.58. The summed E-state index contributed by atoms with van der Waals surface area (Å²) in [5.41, 5.74) is 0.720. The van der Waals surface area contributed by atoms with Crippen molar-refractivity contribution in [1.29, 1.82) is 0 Å². The van der Waals surface area contributed by atoms with Crippen LogP contribution < -0.4 is 0 Å². The van der Waals surface area contributed by atoms with E-state index in [1.807, 2.05) is 6.92 Å². The molecule has 1 saturated heterocycles. The van der Waals surface area contributed by atoms with Crippen LogP contribution in [0.1, 0.15) is 45.4 Å². The van der Waals surface area contributed by atoms with E-state index in [1.165, 1.54) is 43.6 Å². The average Bonchev–Trinajstić information content (AvgIpc) is 2.33. The Hall–Kier alpha value is 0.110.